The molecule has 1 aliphatic heterocycles. The summed E-state index contributed by atoms with van der Waals surface area (Å²) in [5.74, 6) is -2.32. The highest BCUT2D eigenvalue weighted by molar-refractivity contribution is 7.20. The van der Waals surface area contributed by atoms with Crippen LogP contribution >= 0.6 is 11.3 Å². The molecule has 2 heterocycles. The molecule has 4 rings (SSSR count). The minimum Gasteiger partial charge on any atom is -0.467 e. The van der Waals surface area contributed by atoms with E-state index < -0.39 is 76.3 Å². The molecule has 0 saturated carbocycles. The van der Waals surface area contributed by atoms with E-state index in [4.69, 9.17) is 9.47 Å². The van der Waals surface area contributed by atoms with Gasteiger partial charge in [0.1, 0.15) is 34.1 Å². The van der Waals surface area contributed by atoms with E-state index in [9.17, 15) is 50.4 Å². The van der Waals surface area contributed by atoms with Crippen molar-refractivity contribution in [2.24, 2.45) is 5.92 Å². The van der Waals surface area contributed by atoms with Crippen molar-refractivity contribution in [2.45, 2.75) is 83.8 Å². The number of benzene rings is 2. The van der Waals surface area contributed by atoms with E-state index in [2.05, 4.69) is 16.7 Å². The number of methoxy groups -OCH3 is 1. The molecule has 298 valence electrons. The van der Waals surface area contributed by atoms with Gasteiger partial charge in [-0.15, -0.1) is 11.3 Å². The Morgan fingerprint density at radius 2 is 1.51 bits per heavy atom. The number of anilines is 2. The molecule has 1 amide bonds. The maximum Gasteiger partial charge on any atom is 0.416 e. The lowest BCUT2D eigenvalue weighted by Gasteiger charge is -2.36. The van der Waals surface area contributed by atoms with Crippen LogP contribution < -0.4 is 15.5 Å². The summed E-state index contributed by atoms with van der Waals surface area (Å²) in [6, 6.07) is 6.15. The number of amides is 1. The molecule has 1 fully saturated rings. The molecule has 0 radical (unpaired) electrons. The van der Waals surface area contributed by atoms with Gasteiger partial charge in [-0.1, -0.05) is 6.07 Å². The lowest BCUT2D eigenvalue weighted by molar-refractivity contribution is -0.145. The zero-order valence-corrected chi connectivity index (χ0v) is 32.0. The van der Waals surface area contributed by atoms with Crippen LogP contribution in [0.25, 0.3) is 10.4 Å². The van der Waals surface area contributed by atoms with Gasteiger partial charge in [-0.25, -0.2) is 14.0 Å². The Labute approximate surface area is 317 Å². The van der Waals surface area contributed by atoms with Crippen molar-refractivity contribution in [3.63, 3.8) is 0 Å². The Bertz CT molecular complexity index is 1940. The SMILES string of the molecule is COC(=O)C(NC(=O)OC(C)(C)C)C1CCN(c2sc(-c3ccc(F)cc3C)c(NCC(=O)C(C)(C)c3cc(C(F)(F)F)cc(C(F)(F)F)c3)c2C#N)CC1. The quantitative estimate of drug-likeness (QED) is 0.154. The highest BCUT2D eigenvalue weighted by Crippen LogP contribution is 2.48. The van der Waals surface area contributed by atoms with E-state index in [-0.39, 0.29) is 23.2 Å². The average molecular weight is 799 g/mol. The van der Waals surface area contributed by atoms with Gasteiger partial charge in [-0.2, -0.15) is 31.6 Å². The number of hydrogen-bond acceptors (Lipinski definition) is 9. The number of piperidine rings is 1. The molecule has 2 N–H and O–H groups in total. The van der Waals surface area contributed by atoms with Gasteiger partial charge in [0.05, 0.1) is 40.8 Å². The molecule has 9 nitrogen and oxygen atoms in total. The number of esters is 1. The molecular weight excluding hydrogens is 757 g/mol. The molecular formula is C38H41F7N4O5S. The number of halogens is 7. The lowest BCUT2D eigenvalue weighted by Crippen LogP contribution is -2.51. The van der Waals surface area contributed by atoms with E-state index in [1.54, 1.807) is 27.7 Å². The van der Waals surface area contributed by atoms with Gasteiger partial charge in [0, 0.05) is 13.1 Å². The number of rotatable bonds is 10. The van der Waals surface area contributed by atoms with Crippen molar-refractivity contribution in [3.05, 3.63) is 70.0 Å². The number of ether oxygens (including phenoxy) is 2. The first kappa shape index (κ1) is 42.9. The Balaban J connectivity index is 1.67. The first-order valence-corrected chi connectivity index (χ1v) is 17.9. The maximum atomic E-state index is 14.2. The number of nitriles is 1. The Kier molecular flexibility index (Phi) is 12.5. The number of carbonyl (C=O) groups is 3. The number of Topliss-reactive ketones (excluding diaryl/α,β-unsaturated/α-hetero) is 1. The fraction of sp³-hybridized carbons (Fsp3) is 0.474. The van der Waals surface area contributed by atoms with E-state index in [0.717, 1.165) is 0 Å². The largest absolute Gasteiger partial charge is 0.467 e. The zero-order chi connectivity index (χ0) is 41.3. The van der Waals surface area contributed by atoms with Gasteiger partial charge >= 0.3 is 24.4 Å². The molecule has 0 bridgehead atoms. The fourth-order valence-electron chi connectivity index (χ4n) is 6.22. The molecule has 2 aromatic carbocycles. The second-order valence-electron chi connectivity index (χ2n) is 14.7. The molecule has 1 atom stereocenters. The van der Waals surface area contributed by atoms with Crippen molar-refractivity contribution in [1.82, 2.24) is 5.32 Å². The maximum absolute atomic E-state index is 14.2. The second kappa shape index (κ2) is 16.1. The van der Waals surface area contributed by atoms with Crippen molar-refractivity contribution < 1.29 is 54.6 Å². The Hall–Kier alpha value is -4.85. The minimum absolute atomic E-state index is 0.0123. The Morgan fingerprint density at radius 1 is 0.945 bits per heavy atom. The summed E-state index contributed by atoms with van der Waals surface area (Å²) in [5, 5.41) is 16.5. The number of thiophene rings is 1. The summed E-state index contributed by atoms with van der Waals surface area (Å²) >= 11 is 1.17. The summed E-state index contributed by atoms with van der Waals surface area (Å²) < 4.78 is 106. The second-order valence-corrected chi connectivity index (χ2v) is 15.7. The number of hydrogen-bond donors (Lipinski definition) is 2. The predicted octanol–water partition coefficient (Wildman–Crippen LogP) is 9.01. The number of ketones is 1. The molecule has 3 aromatic rings. The predicted molar refractivity (Wildman–Crippen MR) is 192 cm³/mol. The first-order chi connectivity index (χ1) is 25.4. The van der Waals surface area contributed by atoms with E-state index in [0.29, 0.717) is 59.1 Å². The normalized spacial score (nSPS) is 14.9. The fourth-order valence-corrected chi connectivity index (χ4v) is 7.59. The Morgan fingerprint density at radius 3 is 2.00 bits per heavy atom. The smallest absolute Gasteiger partial charge is 0.416 e. The number of alkyl halides is 6. The van der Waals surface area contributed by atoms with E-state index >= 15 is 0 Å². The van der Waals surface area contributed by atoms with Crippen LogP contribution in [0.15, 0.2) is 36.4 Å². The third-order valence-electron chi connectivity index (χ3n) is 9.29. The van der Waals surface area contributed by atoms with Crippen molar-refractivity contribution in [3.8, 4) is 16.5 Å². The van der Waals surface area contributed by atoms with Gasteiger partial charge in [0.15, 0.2) is 5.78 Å². The summed E-state index contributed by atoms with van der Waals surface area (Å²) in [6.07, 6.45) is -10.3. The molecule has 0 spiro atoms. The van der Waals surface area contributed by atoms with Crippen LogP contribution in [0.2, 0.25) is 0 Å². The van der Waals surface area contributed by atoms with Crippen LogP contribution in [0.3, 0.4) is 0 Å². The van der Waals surface area contributed by atoms with Crippen molar-refractivity contribution >= 4 is 39.9 Å². The summed E-state index contributed by atoms with van der Waals surface area (Å²) in [4.78, 5) is 41.3. The number of aryl methyl sites for hydroxylation is 1. The number of carbonyl (C=O) groups excluding carboxylic acids is 3. The summed E-state index contributed by atoms with van der Waals surface area (Å²) in [5.41, 5.74) is -5.02. The van der Waals surface area contributed by atoms with Crippen LogP contribution in [-0.2, 0) is 36.8 Å². The standard InChI is InChI=1S/C38H41F7N4O5S/c1-20-14-25(39)8-9-26(20)31-30(47-19-28(50)36(5,6)22-15-23(37(40,41)42)17-24(16-22)38(43,44)45)27(18-46)32(55-31)49-12-10-21(11-13-49)29(33(51)53-7)48-34(52)54-35(2,3)4/h8-9,14-17,21,29,47H,10-13,19H2,1-7H3,(H,48,52). The number of nitrogens with one attached hydrogen (secondary N) is 2. The van der Waals surface area contributed by atoms with Crippen LogP contribution in [0.5, 0.6) is 0 Å². The highest BCUT2D eigenvalue weighted by Gasteiger charge is 2.41. The third-order valence-corrected chi connectivity index (χ3v) is 10.6. The molecule has 0 aliphatic carbocycles. The molecule has 1 saturated heterocycles. The summed E-state index contributed by atoms with van der Waals surface area (Å²) in [6.45, 7) is 9.13. The van der Waals surface area contributed by atoms with Gasteiger partial charge in [0.25, 0.3) is 0 Å². The van der Waals surface area contributed by atoms with Gasteiger partial charge in [-0.05, 0) is 107 Å². The van der Waals surface area contributed by atoms with Gasteiger partial charge < -0.3 is 25.0 Å². The molecule has 1 unspecified atom stereocenters. The van der Waals surface area contributed by atoms with Crippen LogP contribution in [0.1, 0.15) is 75.3 Å². The molecule has 1 aromatic heterocycles. The first-order valence-electron chi connectivity index (χ1n) is 17.1. The molecule has 17 heteroatoms. The van der Waals surface area contributed by atoms with Crippen molar-refractivity contribution in [1.29, 1.82) is 5.26 Å². The zero-order valence-electron chi connectivity index (χ0n) is 31.1. The third kappa shape index (κ3) is 10.1. The number of alkyl carbamates (subject to hydrolysis) is 1. The average Bonchev–Trinajstić information content (AvgIpc) is 3.45. The topological polar surface area (TPSA) is 121 Å². The van der Waals surface area contributed by atoms with Crippen LogP contribution in [0.4, 0.5) is 46.2 Å². The lowest BCUT2D eigenvalue weighted by atomic mass is 9.79. The molecule has 55 heavy (non-hydrogen) atoms. The van der Waals surface area contributed by atoms with Crippen LogP contribution in [0, 0.1) is 30.0 Å². The van der Waals surface area contributed by atoms with Crippen LogP contribution in [-0.4, -0.2) is 56.2 Å². The summed E-state index contributed by atoms with van der Waals surface area (Å²) in [7, 11) is 1.20. The highest BCUT2D eigenvalue weighted by atomic mass is 32.1. The monoisotopic (exact) mass is 798 g/mol. The van der Waals surface area contributed by atoms with Gasteiger partial charge in [0.2, 0.25) is 0 Å². The minimum atomic E-state index is -5.12. The van der Waals surface area contributed by atoms with E-state index in [1.807, 2.05) is 4.90 Å². The molecule has 1 aliphatic rings. The van der Waals surface area contributed by atoms with E-state index in [1.165, 1.54) is 50.5 Å². The van der Waals surface area contributed by atoms with Crippen molar-refractivity contribution in [2.75, 3.05) is 37.0 Å². The van der Waals surface area contributed by atoms with Gasteiger partial charge in [-0.3, -0.25) is 4.79 Å². The number of nitrogens with zero attached hydrogens (tertiary/aromatic N) is 2.